The summed E-state index contributed by atoms with van der Waals surface area (Å²) in [6.07, 6.45) is -4.55. The summed E-state index contributed by atoms with van der Waals surface area (Å²) in [5.74, 6) is -5.34. The number of aromatic nitrogens is 2. The average molecular weight is 656 g/mol. The van der Waals surface area contributed by atoms with Crippen molar-refractivity contribution in [1.29, 1.82) is 0 Å². The Balaban J connectivity index is 1.48. The fourth-order valence-corrected chi connectivity index (χ4v) is 5.16. The summed E-state index contributed by atoms with van der Waals surface area (Å²) in [7, 11) is 0. The lowest BCUT2D eigenvalue weighted by molar-refractivity contribution is -0.137. The number of aromatic carboxylic acids is 1. The van der Waals surface area contributed by atoms with Crippen molar-refractivity contribution in [2.75, 3.05) is 11.9 Å². The second-order valence-electron chi connectivity index (χ2n) is 8.97. The third kappa shape index (κ3) is 4.90. The molecule has 0 fully saturated rings. The molecule has 1 amide bonds. The van der Waals surface area contributed by atoms with E-state index in [0.717, 1.165) is 26.7 Å². The van der Waals surface area contributed by atoms with Crippen LogP contribution in [0.1, 0.15) is 37.7 Å². The zero-order chi connectivity index (χ0) is 28.2. The van der Waals surface area contributed by atoms with E-state index in [1.54, 1.807) is 29.7 Å². The van der Waals surface area contributed by atoms with E-state index in [2.05, 4.69) is 32.9 Å². The maximum atomic E-state index is 15.2. The number of halogens is 6. The molecule has 0 radical (unpaired) electrons. The quantitative estimate of drug-likeness (QED) is 0.198. The van der Waals surface area contributed by atoms with Crippen LogP contribution in [-0.2, 0) is 19.3 Å². The lowest BCUT2D eigenvalue weighted by atomic mass is 10.0. The topological polar surface area (TPSA) is 87.5 Å². The maximum absolute atomic E-state index is 15.2. The minimum Gasteiger partial charge on any atom is -0.478 e. The molecule has 2 N–H and O–H groups in total. The molecular formula is C26H18F5IN4O3. The van der Waals surface area contributed by atoms with E-state index in [1.165, 1.54) is 6.07 Å². The van der Waals surface area contributed by atoms with E-state index in [4.69, 9.17) is 0 Å². The van der Waals surface area contributed by atoms with Crippen LogP contribution < -0.4 is 5.32 Å². The smallest absolute Gasteiger partial charge is 0.416 e. The number of benzene rings is 3. The van der Waals surface area contributed by atoms with Gasteiger partial charge >= 0.3 is 12.1 Å². The summed E-state index contributed by atoms with van der Waals surface area (Å²) in [5, 5.41) is 12.4. The van der Waals surface area contributed by atoms with Gasteiger partial charge in [0.1, 0.15) is 5.82 Å². The normalized spacial score (nSPS) is 13.5. The second kappa shape index (κ2) is 9.77. The first-order valence-electron chi connectivity index (χ1n) is 11.5. The second-order valence-corrected chi connectivity index (χ2v) is 10.2. The Kier molecular flexibility index (Phi) is 6.73. The van der Waals surface area contributed by atoms with Crippen LogP contribution in [0.5, 0.6) is 0 Å². The van der Waals surface area contributed by atoms with Crippen LogP contribution in [0.4, 0.5) is 33.3 Å². The predicted molar refractivity (Wildman–Crippen MR) is 140 cm³/mol. The van der Waals surface area contributed by atoms with E-state index < -0.39 is 52.1 Å². The van der Waals surface area contributed by atoms with E-state index in [-0.39, 0.29) is 31.0 Å². The molecule has 0 atom stereocenters. The third-order valence-electron chi connectivity index (χ3n) is 6.48. The van der Waals surface area contributed by atoms with Crippen molar-refractivity contribution in [3.8, 4) is 0 Å². The Morgan fingerprint density at radius 3 is 2.44 bits per heavy atom. The molecule has 0 aliphatic carbocycles. The van der Waals surface area contributed by atoms with Crippen molar-refractivity contribution in [3.05, 3.63) is 85.7 Å². The molecule has 2 heterocycles. The Hall–Kier alpha value is -3.75. The summed E-state index contributed by atoms with van der Waals surface area (Å²) in [6.45, 7) is 1.68. The molecule has 7 nitrogen and oxygen atoms in total. The zero-order valence-electron chi connectivity index (χ0n) is 20.0. The number of carboxylic acid groups (broad SMARTS) is 1. The molecular weight excluding hydrogens is 638 g/mol. The molecule has 39 heavy (non-hydrogen) atoms. The Morgan fingerprint density at radius 2 is 1.77 bits per heavy atom. The lowest BCUT2D eigenvalue weighted by Crippen LogP contribution is -2.39. The monoisotopic (exact) mass is 656 g/mol. The van der Waals surface area contributed by atoms with Gasteiger partial charge in [-0.2, -0.15) is 13.2 Å². The SMILES string of the molecule is Cc1cc(I)ccc1Nc1c(C(=O)O)cc(C(=O)N2CCn3c(nc4cc(C(F)(F)F)ccc43)C2)c(F)c1F. The van der Waals surface area contributed by atoms with Gasteiger partial charge in [-0.15, -0.1) is 0 Å². The molecule has 0 bridgehead atoms. The number of amides is 1. The number of carboxylic acids is 1. The number of aryl methyl sites for hydroxylation is 1. The molecule has 1 aliphatic rings. The number of nitrogens with one attached hydrogen (secondary N) is 1. The number of hydrogen-bond donors (Lipinski definition) is 2. The summed E-state index contributed by atoms with van der Waals surface area (Å²) in [5.41, 5.74) is -1.36. The predicted octanol–water partition coefficient (Wildman–Crippen LogP) is 6.34. The standard InChI is InChI=1S/C26H18F5IN4O3/c1-12-8-14(32)3-4-17(12)34-23-16(25(38)39)10-15(21(27)22(23)28)24(37)35-6-7-36-19-5-2-13(26(29,30)31)9-18(19)33-20(36)11-35/h2-5,8-10,34H,6-7,11H2,1H3,(H,38,39). The van der Waals surface area contributed by atoms with Crippen LogP contribution in [0.25, 0.3) is 11.0 Å². The molecule has 1 aromatic heterocycles. The molecule has 13 heteroatoms. The molecule has 0 saturated carbocycles. The number of rotatable bonds is 4. The first-order valence-corrected chi connectivity index (χ1v) is 12.6. The van der Waals surface area contributed by atoms with Gasteiger partial charge in [0, 0.05) is 22.3 Å². The number of carbonyl (C=O) groups is 2. The van der Waals surface area contributed by atoms with Gasteiger partial charge in [-0.1, -0.05) is 0 Å². The molecule has 202 valence electrons. The zero-order valence-corrected chi connectivity index (χ0v) is 22.2. The summed E-state index contributed by atoms with van der Waals surface area (Å²) in [4.78, 5) is 30.6. The highest BCUT2D eigenvalue weighted by Gasteiger charge is 2.33. The van der Waals surface area contributed by atoms with E-state index in [9.17, 15) is 27.9 Å². The fraction of sp³-hybridized carbons (Fsp3) is 0.192. The molecule has 1 aliphatic heterocycles. The Labute approximate surface area is 231 Å². The number of carbonyl (C=O) groups excluding carboxylic acids is 1. The van der Waals surface area contributed by atoms with Crippen molar-refractivity contribution in [1.82, 2.24) is 14.5 Å². The summed E-state index contributed by atoms with van der Waals surface area (Å²) in [6, 6.07) is 8.98. The third-order valence-corrected chi connectivity index (χ3v) is 7.15. The van der Waals surface area contributed by atoms with Crippen molar-refractivity contribution in [3.63, 3.8) is 0 Å². The van der Waals surface area contributed by atoms with Crippen LogP contribution in [0.2, 0.25) is 0 Å². The van der Waals surface area contributed by atoms with E-state index in [0.29, 0.717) is 16.8 Å². The van der Waals surface area contributed by atoms with Gasteiger partial charge in [0.2, 0.25) is 0 Å². The van der Waals surface area contributed by atoms with Crippen LogP contribution in [-0.4, -0.2) is 38.0 Å². The van der Waals surface area contributed by atoms with E-state index in [1.807, 2.05) is 0 Å². The van der Waals surface area contributed by atoms with Crippen molar-refractivity contribution in [2.24, 2.45) is 0 Å². The molecule has 0 unspecified atom stereocenters. The van der Waals surface area contributed by atoms with Gasteiger partial charge in [-0.25, -0.2) is 18.6 Å². The van der Waals surface area contributed by atoms with Crippen molar-refractivity contribution >= 4 is 56.9 Å². The van der Waals surface area contributed by atoms with Gasteiger partial charge in [0.05, 0.1) is 40.0 Å². The highest BCUT2D eigenvalue weighted by Crippen LogP contribution is 2.34. The number of hydrogen-bond acceptors (Lipinski definition) is 4. The van der Waals surface area contributed by atoms with Gasteiger partial charge in [0.15, 0.2) is 11.6 Å². The average Bonchev–Trinajstić information content (AvgIpc) is 3.24. The van der Waals surface area contributed by atoms with Gasteiger partial charge < -0.3 is 19.9 Å². The highest BCUT2D eigenvalue weighted by atomic mass is 127. The molecule has 3 aromatic carbocycles. The highest BCUT2D eigenvalue weighted by molar-refractivity contribution is 14.1. The van der Waals surface area contributed by atoms with Crippen molar-refractivity contribution in [2.45, 2.75) is 26.2 Å². The summed E-state index contributed by atoms with van der Waals surface area (Å²) < 4.78 is 72.3. The number of fused-ring (bicyclic) bond motifs is 3. The van der Waals surface area contributed by atoms with Crippen molar-refractivity contribution < 1.29 is 36.6 Å². The lowest BCUT2D eigenvalue weighted by Gasteiger charge is -2.28. The van der Waals surface area contributed by atoms with Crippen LogP contribution in [0.15, 0.2) is 42.5 Å². The maximum Gasteiger partial charge on any atom is 0.416 e. The Bertz CT molecular complexity index is 1670. The summed E-state index contributed by atoms with van der Waals surface area (Å²) >= 11 is 2.07. The largest absolute Gasteiger partial charge is 0.478 e. The molecule has 0 saturated heterocycles. The minimum absolute atomic E-state index is 0.0175. The first kappa shape index (κ1) is 26.8. The molecule has 0 spiro atoms. The number of nitrogens with zero attached hydrogens (tertiary/aromatic N) is 3. The van der Waals surface area contributed by atoms with Crippen LogP contribution in [0, 0.1) is 22.1 Å². The molecule has 4 aromatic rings. The van der Waals surface area contributed by atoms with Crippen LogP contribution in [0.3, 0.4) is 0 Å². The van der Waals surface area contributed by atoms with Gasteiger partial charge in [0.25, 0.3) is 5.91 Å². The minimum atomic E-state index is -4.55. The van der Waals surface area contributed by atoms with Gasteiger partial charge in [-0.05, 0) is 77.5 Å². The Morgan fingerprint density at radius 1 is 1.03 bits per heavy atom. The number of anilines is 2. The molecule has 5 rings (SSSR count). The van der Waals surface area contributed by atoms with Gasteiger partial charge in [-0.3, -0.25) is 4.79 Å². The number of imidazole rings is 1. The first-order chi connectivity index (χ1) is 18.3. The fourth-order valence-electron chi connectivity index (χ4n) is 4.51. The number of alkyl halides is 3. The van der Waals surface area contributed by atoms with E-state index >= 15 is 8.78 Å². The van der Waals surface area contributed by atoms with Crippen LogP contribution >= 0.6 is 22.6 Å².